The number of aromatic nitrogens is 2. The molecule has 1 N–H and O–H groups in total. The van der Waals surface area contributed by atoms with E-state index < -0.39 is 0 Å². The van der Waals surface area contributed by atoms with Gasteiger partial charge in [0.15, 0.2) is 6.73 Å². The van der Waals surface area contributed by atoms with E-state index in [1.165, 1.54) is 5.56 Å². The second-order valence-electron chi connectivity index (χ2n) is 7.18. The van der Waals surface area contributed by atoms with E-state index in [0.29, 0.717) is 5.69 Å². The van der Waals surface area contributed by atoms with Crippen LogP contribution in [0.1, 0.15) is 52.1 Å². The number of hydrogen-bond acceptors (Lipinski definition) is 3. The van der Waals surface area contributed by atoms with Gasteiger partial charge in [0.05, 0.1) is 6.04 Å². The predicted octanol–water partition coefficient (Wildman–Crippen LogP) is 4.73. The lowest BCUT2D eigenvalue weighted by molar-refractivity contribution is 0.0928. The van der Waals surface area contributed by atoms with Gasteiger partial charge in [0.25, 0.3) is 5.91 Å². The molecule has 1 heterocycles. The van der Waals surface area contributed by atoms with Gasteiger partial charge in [0.1, 0.15) is 11.4 Å². The van der Waals surface area contributed by atoms with Crippen molar-refractivity contribution in [2.24, 2.45) is 0 Å². The molecule has 2 aromatic carbocycles. The molecule has 1 unspecified atom stereocenters. The molecule has 146 valence electrons. The molecule has 0 radical (unpaired) electrons. The minimum absolute atomic E-state index is 0.0373. The molecule has 0 aliphatic heterocycles. The van der Waals surface area contributed by atoms with Gasteiger partial charge in [-0.25, -0.2) is 4.68 Å². The molecule has 0 spiro atoms. The molecule has 0 aliphatic carbocycles. The van der Waals surface area contributed by atoms with Gasteiger partial charge < -0.3 is 10.1 Å². The largest absolute Gasteiger partial charge is 0.471 e. The Labute approximate surface area is 166 Å². The molecule has 0 saturated carbocycles. The molecule has 0 fully saturated rings. The van der Waals surface area contributed by atoms with Crippen LogP contribution in [-0.2, 0) is 6.73 Å². The highest BCUT2D eigenvalue weighted by Crippen LogP contribution is 2.18. The van der Waals surface area contributed by atoms with E-state index in [2.05, 4.69) is 54.6 Å². The van der Waals surface area contributed by atoms with Crippen LogP contribution < -0.4 is 10.1 Å². The maximum atomic E-state index is 12.6. The highest BCUT2D eigenvalue weighted by molar-refractivity contribution is 5.92. The van der Waals surface area contributed by atoms with E-state index in [9.17, 15) is 4.79 Å². The van der Waals surface area contributed by atoms with Crippen LogP contribution in [0.2, 0.25) is 0 Å². The van der Waals surface area contributed by atoms with Crippen molar-refractivity contribution in [2.45, 2.75) is 46.9 Å². The Balaban J connectivity index is 1.62. The first-order chi connectivity index (χ1) is 13.4. The number of rotatable bonds is 7. The van der Waals surface area contributed by atoms with E-state index in [-0.39, 0.29) is 18.7 Å². The Kier molecular flexibility index (Phi) is 6.14. The molecular weight excluding hydrogens is 350 g/mol. The Morgan fingerprint density at radius 1 is 1.04 bits per heavy atom. The Morgan fingerprint density at radius 2 is 1.71 bits per heavy atom. The first kappa shape index (κ1) is 19.7. The molecular formula is C23H27N3O2. The molecule has 0 bridgehead atoms. The highest BCUT2D eigenvalue weighted by atomic mass is 16.5. The lowest BCUT2D eigenvalue weighted by Crippen LogP contribution is -2.28. The van der Waals surface area contributed by atoms with E-state index in [0.717, 1.165) is 28.9 Å². The number of hydrogen-bond donors (Lipinski definition) is 1. The second kappa shape index (κ2) is 8.74. The van der Waals surface area contributed by atoms with Crippen molar-refractivity contribution in [2.75, 3.05) is 0 Å². The number of ether oxygens (including phenoxy) is 1. The summed E-state index contributed by atoms with van der Waals surface area (Å²) >= 11 is 0. The van der Waals surface area contributed by atoms with Crippen LogP contribution in [0.15, 0.2) is 54.7 Å². The fraction of sp³-hybridized carbons (Fsp3) is 0.304. The molecule has 5 heteroatoms. The molecule has 1 atom stereocenters. The van der Waals surface area contributed by atoms with Gasteiger partial charge in [0.2, 0.25) is 0 Å². The maximum absolute atomic E-state index is 12.6. The zero-order chi connectivity index (χ0) is 20.1. The summed E-state index contributed by atoms with van der Waals surface area (Å²) in [5, 5.41) is 7.41. The Hall–Kier alpha value is -3.08. The number of aryl methyl sites for hydroxylation is 3. The third-order valence-corrected chi connectivity index (χ3v) is 4.63. The molecule has 0 saturated heterocycles. The molecule has 5 nitrogen and oxygen atoms in total. The van der Waals surface area contributed by atoms with E-state index in [1.807, 2.05) is 26.0 Å². The van der Waals surface area contributed by atoms with Crippen LogP contribution in [-0.4, -0.2) is 15.7 Å². The molecule has 1 amide bonds. The van der Waals surface area contributed by atoms with Gasteiger partial charge in [-0.15, -0.1) is 0 Å². The molecule has 3 rings (SSSR count). The smallest absolute Gasteiger partial charge is 0.272 e. The molecule has 3 aromatic rings. The van der Waals surface area contributed by atoms with Crippen molar-refractivity contribution in [3.63, 3.8) is 0 Å². The normalized spacial score (nSPS) is 11.9. The molecule has 28 heavy (non-hydrogen) atoms. The quantitative estimate of drug-likeness (QED) is 0.648. The molecule has 0 aliphatic rings. The Bertz CT molecular complexity index is 924. The lowest BCUT2D eigenvalue weighted by Gasteiger charge is -2.17. The zero-order valence-corrected chi connectivity index (χ0v) is 16.9. The van der Waals surface area contributed by atoms with Crippen molar-refractivity contribution in [3.05, 3.63) is 82.7 Å². The van der Waals surface area contributed by atoms with Gasteiger partial charge in [-0.3, -0.25) is 4.79 Å². The Morgan fingerprint density at radius 3 is 2.36 bits per heavy atom. The summed E-state index contributed by atoms with van der Waals surface area (Å²) in [7, 11) is 0. The second-order valence-corrected chi connectivity index (χ2v) is 7.18. The molecule has 1 aromatic heterocycles. The first-order valence-corrected chi connectivity index (χ1v) is 9.56. The van der Waals surface area contributed by atoms with Crippen molar-refractivity contribution in [1.29, 1.82) is 0 Å². The van der Waals surface area contributed by atoms with Gasteiger partial charge in [0, 0.05) is 6.20 Å². The van der Waals surface area contributed by atoms with Crippen LogP contribution in [0.5, 0.6) is 5.75 Å². The number of amides is 1. The van der Waals surface area contributed by atoms with Crippen molar-refractivity contribution in [3.8, 4) is 5.75 Å². The van der Waals surface area contributed by atoms with Gasteiger partial charge >= 0.3 is 0 Å². The number of carbonyl (C=O) groups is 1. The average molecular weight is 377 g/mol. The van der Waals surface area contributed by atoms with E-state index in [1.54, 1.807) is 16.9 Å². The summed E-state index contributed by atoms with van der Waals surface area (Å²) in [6, 6.07) is 16.0. The number of carbonyl (C=O) groups excluding carboxylic acids is 1. The summed E-state index contributed by atoms with van der Waals surface area (Å²) < 4.78 is 7.42. The number of nitrogens with zero attached hydrogens (tertiary/aromatic N) is 2. The van der Waals surface area contributed by atoms with E-state index >= 15 is 0 Å². The summed E-state index contributed by atoms with van der Waals surface area (Å²) in [5.74, 6) is 0.613. The van der Waals surface area contributed by atoms with Crippen LogP contribution in [0.4, 0.5) is 0 Å². The minimum atomic E-state index is -0.183. The van der Waals surface area contributed by atoms with Crippen LogP contribution >= 0.6 is 0 Å². The van der Waals surface area contributed by atoms with Crippen molar-refractivity contribution >= 4 is 5.91 Å². The highest BCUT2D eigenvalue weighted by Gasteiger charge is 2.16. The average Bonchev–Trinajstić information content (AvgIpc) is 3.13. The first-order valence-electron chi connectivity index (χ1n) is 9.56. The third-order valence-electron chi connectivity index (χ3n) is 4.63. The SMILES string of the molecule is CCC(NC(=O)c1ccn(COc2cc(C)cc(C)c2)n1)c1ccc(C)cc1. The minimum Gasteiger partial charge on any atom is -0.471 e. The van der Waals surface area contributed by atoms with Gasteiger partial charge in [-0.1, -0.05) is 42.8 Å². The monoisotopic (exact) mass is 377 g/mol. The number of nitrogens with one attached hydrogen (secondary N) is 1. The van der Waals surface area contributed by atoms with Crippen LogP contribution in [0.25, 0.3) is 0 Å². The summed E-state index contributed by atoms with van der Waals surface area (Å²) in [6.45, 7) is 8.44. The van der Waals surface area contributed by atoms with E-state index in [4.69, 9.17) is 4.74 Å². The standard InChI is InChI=1S/C23H27N3O2/c1-5-21(19-8-6-16(2)7-9-19)24-23(27)22-10-11-26(25-22)15-28-20-13-17(3)12-18(4)14-20/h6-14,21H,5,15H2,1-4H3,(H,24,27). The number of benzene rings is 2. The maximum Gasteiger partial charge on any atom is 0.272 e. The van der Waals surface area contributed by atoms with Gasteiger partial charge in [-0.2, -0.15) is 5.10 Å². The van der Waals surface area contributed by atoms with Crippen LogP contribution in [0.3, 0.4) is 0 Å². The van der Waals surface area contributed by atoms with Crippen LogP contribution in [0, 0.1) is 20.8 Å². The fourth-order valence-corrected chi connectivity index (χ4v) is 3.16. The summed E-state index contributed by atoms with van der Waals surface area (Å²) in [5.41, 5.74) is 4.98. The summed E-state index contributed by atoms with van der Waals surface area (Å²) in [6.07, 6.45) is 2.57. The zero-order valence-electron chi connectivity index (χ0n) is 16.9. The predicted molar refractivity (Wildman–Crippen MR) is 110 cm³/mol. The lowest BCUT2D eigenvalue weighted by atomic mass is 10.0. The third kappa shape index (κ3) is 5.00. The van der Waals surface area contributed by atoms with Crippen molar-refractivity contribution < 1.29 is 9.53 Å². The van der Waals surface area contributed by atoms with Crippen molar-refractivity contribution in [1.82, 2.24) is 15.1 Å². The fourth-order valence-electron chi connectivity index (χ4n) is 3.16. The summed E-state index contributed by atoms with van der Waals surface area (Å²) in [4.78, 5) is 12.6. The topological polar surface area (TPSA) is 56.2 Å². The van der Waals surface area contributed by atoms with Gasteiger partial charge in [-0.05, 0) is 62.1 Å².